The molecule has 0 atom stereocenters. The Morgan fingerprint density at radius 3 is 2.64 bits per heavy atom. The molecule has 1 N–H and O–H groups in total. The molecule has 0 saturated heterocycles. The van der Waals surface area contributed by atoms with Gasteiger partial charge in [0.15, 0.2) is 5.69 Å². The van der Waals surface area contributed by atoms with Crippen LogP contribution in [-0.2, 0) is 0 Å². The van der Waals surface area contributed by atoms with Gasteiger partial charge in [-0.15, -0.1) is 0 Å². The normalized spacial score (nSPS) is 10.5. The van der Waals surface area contributed by atoms with Crippen LogP contribution in [-0.4, -0.2) is 15.7 Å². The van der Waals surface area contributed by atoms with Crippen molar-refractivity contribution in [2.45, 2.75) is 6.92 Å². The fourth-order valence-electron chi connectivity index (χ4n) is 2.33. The molecule has 3 aromatic rings. The summed E-state index contributed by atoms with van der Waals surface area (Å²) < 4.78 is 16.1. The van der Waals surface area contributed by atoms with E-state index in [0.29, 0.717) is 11.4 Å². The van der Waals surface area contributed by atoms with Crippen molar-refractivity contribution in [2.75, 3.05) is 5.32 Å². The summed E-state index contributed by atoms with van der Waals surface area (Å²) in [6.07, 6.45) is 0. The van der Waals surface area contributed by atoms with Crippen LogP contribution in [0.25, 0.3) is 5.69 Å². The third kappa shape index (κ3) is 3.66. The van der Waals surface area contributed by atoms with Crippen LogP contribution < -0.4 is 10.7 Å². The van der Waals surface area contributed by atoms with Gasteiger partial charge in [0.05, 0.1) is 0 Å². The van der Waals surface area contributed by atoms with Crippen molar-refractivity contribution in [3.63, 3.8) is 0 Å². The second-order valence-electron chi connectivity index (χ2n) is 5.33. The lowest BCUT2D eigenvalue weighted by molar-refractivity contribution is 0.101. The van der Waals surface area contributed by atoms with Crippen molar-refractivity contribution >= 4 is 27.5 Å². The van der Waals surface area contributed by atoms with Crippen molar-refractivity contribution in [1.82, 2.24) is 9.78 Å². The molecule has 1 aromatic heterocycles. The molecule has 0 saturated carbocycles. The number of anilines is 1. The predicted molar refractivity (Wildman–Crippen MR) is 96.6 cm³/mol. The Kier molecular flexibility index (Phi) is 4.76. The molecule has 1 amide bonds. The number of rotatable bonds is 3. The maximum Gasteiger partial charge on any atom is 0.280 e. The molecule has 5 nitrogen and oxygen atoms in total. The van der Waals surface area contributed by atoms with Gasteiger partial charge in [-0.1, -0.05) is 34.1 Å². The van der Waals surface area contributed by atoms with E-state index in [1.54, 1.807) is 37.3 Å². The first-order valence-corrected chi connectivity index (χ1v) is 8.18. The molecule has 3 rings (SSSR count). The maximum atomic E-state index is 14.0. The van der Waals surface area contributed by atoms with Gasteiger partial charge in [-0.25, -0.2) is 9.07 Å². The second kappa shape index (κ2) is 6.98. The highest BCUT2D eigenvalue weighted by Crippen LogP contribution is 2.16. The van der Waals surface area contributed by atoms with Gasteiger partial charge in [0, 0.05) is 21.9 Å². The topological polar surface area (TPSA) is 64.0 Å². The average molecular weight is 402 g/mol. The number of carbonyl (C=O) groups excluding carboxylic acids is 1. The summed E-state index contributed by atoms with van der Waals surface area (Å²) in [5.74, 6) is -1.16. The molecule has 0 aliphatic heterocycles. The molecule has 0 spiro atoms. The quantitative estimate of drug-likeness (QED) is 0.727. The molecule has 0 aliphatic carbocycles. The number of halogens is 2. The van der Waals surface area contributed by atoms with Gasteiger partial charge in [-0.3, -0.25) is 9.59 Å². The highest BCUT2D eigenvalue weighted by Gasteiger charge is 2.17. The minimum atomic E-state index is -0.659. The molecule has 0 unspecified atom stereocenters. The number of aryl methyl sites for hydroxylation is 1. The number of hydrogen-bond donors (Lipinski definition) is 1. The molecule has 0 fully saturated rings. The minimum absolute atomic E-state index is 0.163. The lowest BCUT2D eigenvalue weighted by Gasteiger charge is -2.12. The van der Waals surface area contributed by atoms with E-state index in [4.69, 9.17) is 0 Å². The highest BCUT2D eigenvalue weighted by molar-refractivity contribution is 9.10. The van der Waals surface area contributed by atoms with Crippen LogP contribution in [0.4, 0.5) is 10.1 Å². The number of nitrogens with zero attached hydrogens (tertiary/aromatic N) is 2. The van der Waals surface area contributed by atoms with Gasteiger partial charge in [0.2, 0.25) is 5.43 Å². The number of carbonyl (C=O) groups is 1. The van der Waals surface area contributed by atoms with E-state index in [9.17, 15) is 14.0 Å². The van der Waals surface area contributed by atoms with Crippen LogP contribution in [0.5, 0.6) is 0 Å². The van der Waals surface area contributed by atoms with Crippen molar-refractivity contribution in [3.8, 4) is 5.69 Å². The van der Waals surface area contributed by atoms with Crippen LogP contribution in [0.3, 0.4) is 0 Å². The summed E-state index contributed by atoms with van der Waals surface area (Å²) in [7, 11) is 0. The Labute approximate surface area is 151 Å². The minimum Gasteiger partial charge on any atom is -0.320 e. The number of benzene rings is 2. The average Bonchev–Trinajstić information content (AvgIpc) is 2.56. The zero-order valence-electron chi connectivity index (χ0n) is 13.2. The van der Waals surface area contributed by atoms with Crippen molar-refractivity contribution in [2.24, 2.45) is 0 Å². The summed E-state index contributed by atoms with van der Waals surface area (Å²) in [5.41, 5.74) is 0.260. The van der Waals surface area contributed by atoms with Crippen LogP contribution >= 0.6 is 15.9 Å². The molecular formula is C18H13BrFN3O2. The molecule has 0 radical (unpaired) electrons. The zero-order chi connectivity index (χ0) is 18.0. The molecule has 1 heterocycles. The molecule has 126 valence electrons. The van der Waals surface area contributed by atoms with Gasteiger partial charge in [0.25, 0.3) is 5.91 Å². The van der Waals surface area contributed by atoms with Crippen molar-refractivity contribution < 1.29 is 9.18 Å². The number of aromatic nitrogens is 2. The second-order valence-corrected chi connectivity index (χ2v) is 6.24. The monoisotopic (exact) mass is 401 g/mol. The lowest BCUT2D eigenvalue weighted by Crippen LogP contribution is -2.27. The standard InChI is InChI=1S/C18H13BrFN3O2/c1-11-9-16(24)17(18(25)21-13-6-4-5-12(19)10-13)22-23(11)15-8-3-2-7-14(15)20/h2-10H,1H3,(H,21,25). The first-order chi connectivity index (χ1) is 12.0. The van der Waals surface area contributed by atoms with E-state index in [0.717, 1.165) is 4.47 Å². The van der Waals surface area contributed by atoms with E-state index in [1.165, 1.54) is 22.9 Å². The fourth-order valence-corrected chi connectivity index (χ4v) is 2.73. The maximum absolute atomic E-state index is 14.0. The molecule has 7 heteroatoms. The molecule has 0 bridgehead atoms. The Hall–Kier alpha value is -2.80. The summed E-state index contributed by atoms with van der Waals surface area (Å²) >= 11 is 3.31. The van der Waals surface area contributed by atoms with Crippen molar-refractivity contribution in [3.05, 3.63) is 86.5 Å². The summed E-state index contributed by atoms with van der Waals surface area (Å²) in [6.45, 7) is 1.62. The van der Waals surface area contributed by atoms with E-state index < -0.39 is 17.2 Å². The van der Waals surface area contributed by atoms with E-state index in [-0.39, 0.29) is 11.4 Å². The smallest absolute Gasteiger partial charge is 0.280 e. The first-order valence-electron chi connectivity index (χ1n) is 7.38. The first kappa shape index (κ1) is 17.0. The van der Waals surface area contributed by atoms with Gasteiger partial charge in [0.1, 0.15) is 11.5 Å². The summed E-state index contributed by atoms with van der Waals surface area (Å²) in [5, 5.41) is 6.68. The Balaban J connectivity index is 2.02. The number of amides is 1. The predicted octanol–water partition coefficient (Wildman–Crippen LogP) is 3.69. The number of para-hydroxylation sites is 1. The Bertz CT molecular complexity index is 1020. The molecule has 0 aliphatic rings. The van der Waals surface area contributed by atoms with E-state index in [2.05, 4.69) is 26.3 Å². The Morgan fingerprint density at radius 1 is 1.16 bits per heavy atom. The summed E-state index contributed by atoms with van der Waals surface area (Å²) in [4.78, 5) is 24.6. The van der Waals surface area contributed by atoms with E-state index >= 15 is 0 Å². The molecule has 2 aromatic carbocycles. The van der Waals surface area contributed by atoms with Crippen molar-refractivity contribution in [1.29, 1.82) is 0 Å². The lowest BCUT2D eigenvalue weighted by atomic mass is 10.2. The Morgan fingerprint density at radius 2 is 1.92 bits per heavy atom. The fraction of sp³-hybridized carbons (Fsp3) is 0.0556. The number of hydrogen-bond acceptors (Lipinski definition) is 3. The zero-order valence-corrected chi connectivity index (χ0v) is 14.7. The number of nitrogens with one attached hydrogen (secondary N) is 1. The molecular weight excluding hydrogens is 389 g/mol. The van der Waals surface area contributed by atoms with Crippen LogP contribution in [0.15, 0.2) is 63.9 Å². The van der Waals surface area contributed by atoms with E-state index in [1.807, 2.05) is 6.07 Å². The van der Waals surface area contributed by atoms with Crippen LogP contribution in [0.1, 0.15) is 16.2 Å². The van der Waals surface area contributed by atoms with Gasteiger partial charge >= 0.3 is 0 Å². The van der Waals surface area contributed by atoms with Gasteiger partial charge in [-0.05, 0) is 37.3 Å². The van der Waals surface area contributed by atoms with Crippen LogP contribution in [0.2, 0.25) is 0 Å². The highest BCUT2D eigenvalue weighted by atomic mass is 79.9. The third-order valence-corrected chi connectivity index (χ3v) is 3.98. The SMILES string of the molecule is Cc1cc(=O)c(C(=O)Nc2cccc(Br)c2)nn1-c1ccccc1F. The van der Waals surface area contributed by atoms with Crippen LogP contribution in [0, 0.1) is 12.7 Å². The third-order valence-electron chi connectivity index (χ3n) is 3.49. The van der Waals surface area contributed by atoms with Gasteiger partial charge < -0.3 is 5.32 Å². The summed E-state index contributed by atoms with van der Waals surface area (Å²) in [6, 6.07) is 14.2. The largest absolute Gasteiger partial charge is 0.320 e. The molecule has 25 heavy (non-hydrogen) atoms. The van der Waals surface area contributed by atoms with Gasteiger partial charge in [-0.2, -0.15) is 5.10 Å².